The molecule has 0 fully saturated rings. The topological polar surface area (TPSA) is 76.7 Å². The average Bonchev–Trinajstić information content (AvgIpc) is 2.49. The first-order chi connectivity index (χ1) is 10.2. The van der Waals surface area contributed by atoms with Gasteiger partial charge in [0.25, 0.3) is 5.91 Å². The number of hydrazone groups is 1. The SMILES string of the molecule is CCOc1ccc(/C=N\NC(=O)c2ccccc2N)cc1. The normalized spacial score (nSPS) is 10.5. The second-order valence-corrected chi connectivity index (χ2v) is 4.29. The standard InChI is InChI=1S/C16H17N3O2/c1-2-21-13-9-7-12(8-10-13)11-18-19-16(20)14-5-3-4-6-15(14)17/h3-11H,2,17H2,1H3,(H,19,20)/b18-11-. The van der Waals surface area contributed by atoms with Gasteiger partial charge in [-0.1, -0.05) is 12.1 Å². The van der Waals surface area contributed by atoms with E-state index in [-0.39, 0.29) is 5.91 Å². The Bertz CT molecular complexity index is 636. The van der Waals surface area contributed by atoms with Crippen LogP contribution in [0.3, 0.4) is 0 Å². The van der Waals surface area contributed by atoms with Gasteiger partial charge < -0.3 is 10.5 Å². The molecule has 0 heterocycles. The first kappa shape index (κ1) is 14.6. The van der Waals surface area contributed by atoms with Crippen LogP contribution in [-0.4, -0.2) is 18.7 Å². The van der Waals surface area contributed by atoms with Gasteiger partial charge in [-0.15, -0.1) is 0 Å². The van der Waals surface area contributed by atoms with E-state index >= 15 is 0 Å². The van der Waals surface area contributed by atoms with E-state index in [1.165, 1.54) is 0 Å². The molecule has 0 aliphatic carbocycles. The molecule has 2 aromatic rings. The van der Waals surface area contributed by atoms with E-state index in [9.17, 15) is 4.79 Å². The molecular weight excluding hydrogens is 266 g/mol. The fourth-order valence-electron chi connectivity index (χ4n) is 1.75. The zero-order valence-electron chi connectivity index (χ0n) is 11.7. The molecule has 108 valence electrons. The molecule has 2 aromatic carbocycles. The van der Waals surface area contributed by atoms with E-state index in [0.29, 0.717) is 17.9 Å². The van der Waals surface area contributed by atoms with Crippen molar-refractivity contribution in [3.63, 3.8) is 0 Å². The van der Waals surface area contributed by atoms with Crippen molar-refractivity contribution >= 4 is 17.8 Å². The molecule has 5 heteroatoms. The summed E-state index contributed by atoms with van der Waals surface area (Å²) in [6.07, 6.45) is 1.56. The fraction of sp³-hybridized carbons (Fsp3) is 0.125. The van der Waals surface area contributed by atoms with Crippen molar-refractivity contribution in [2.75, 3.05) is 12.3 Å². The van der Waals surface area contributed by atoms with Crippen molar-refractivity contribution in [1.82, 2.24) is 5.43 Å². The van der Waals surface area contributed by atoms with Crippen LogP contribution in [0.4, 0.5) is 5.69 Å². The van der Waals surface area contributed by atoms with Gasteiger partial charge in [0, 0.05) is 5.69 Å². The average molecular weight is 283 g/mol. The van der Waals surface area contributed by atoms with E-state index in [1.54, 1.807) is 30.5 Å². The number of nitrogens with zero attached hydrogens (tertiary/aromatic N) is 1. The summed E-state index contributed by atoms with van der Waals surface area (Å²) in [5, 5.41) is 3.91. The van der Waals surface area contributed by atoms with Crippen LogP contribution in [0, 0.1) is 0 Å². The van der Waals surface area contributed by atoms with Crippen molar-refractivity contribution < 1.29 is 9.53 Å². The Morgan fingerprint density at radius 1 is 1.24 bits per heavy atom. The fourth-order valence-corrected chi connectivity index (χ4v) is 1.75. The van der Waals surface area contributed by atoms with Gasteiger partial charge >= 0.3 is 0 Å². The largest absolute Gasteiger partial charge is 0.494 e. The molecule has 0 saturated heterocycles. The van der Waals surface area contributed by atoms with Gasteiger partial charge in [-0.05, 0) is 48.9 Å². The van der Waals surface area contributed by atoms with E-state index in [0.717, 1.165) is 11.3 Å². The summed E-state index contributed by atoms with van der Waals surface area (Å²) in [5.74, 6) is 0.464. The molecule has 0 radical (unpaired) electrons. The molecule has 3 N–H and O–H groups in total. The lowest BCUT2D eigenvalue weighted by Crippen LogP contribution is -2.18. The van der Waals surface area contributed by atoms with Crippen LogP contribution in [-0.2, 0) is 0 Å². The number of para-hydroxylation sites is 1. The number of hydrogen-bond acceptors (Lipinski definition) is 4. The molecule has 0 spiro atoms. The molecule has 0 atom stereocenters. The Morgan fingerprint density at radius 3 is 2.62 bits per heavy atom. The Hall–Kier alpha value is -2.82. The quantitative estimate of drug-likeness (QED) is 0.502. The summed E-state index contributed by atoms with van der Waals surface area (Å²) in [5.41, 5.74) is 9.86. The molecule has 0 aromatic heterocycles. The Labute approximate surface area is 123 Å². The van der Waals surface area contributed by atoms with Crippen LogP contribution in [0.2, 0.25) is 0 Å². The number of anilines is 1. The number of nitrogen functional groups attached to an aromatic ring is 1. The summed E-state index contributed by atoms with van der Waals surface area (Å²) in [6.45, 7) is 2.56. The summed E-state index contributed by atoms with van der Waals surface area (Å²) in [4.78, 5) is 11.9. The molecule has 2 rings (SSSR count). The number of nitrogens with two attached hydrogens (primary N) is 1. The third kappa shape index (κ3) is 4.07. The highest BCUT2D eigenvalue weighted by Crippen LogP contribution is 2.11. The molecule has 21 heavy (non-hydrogen) atoms. The highest BCUT2D eigenvalue weighted by Gasteiger charge is 2.06. The van der Waals surface area contributed by atoms with Gasteiger partial charge in [0.05, 0.1) is 18.4 Å². The Kier molecular flexibility index (Phi) is 4.93. The highest BCUT2D eigenvalue weighted by atomic mass is 16.5. The van der Waals surface area contributed by atoms with Gasteiger partial charge in [-0.3, -0.25) is 4.79 Å². The molecule has 0 bridgehead atoms. The third-order valence-corrected chi connectivity index (χ3v) is 2.78. The molecule has 0 saturated carbocycles. The Morgan fingerprint density at radius 2 is 1.95 bits per heavy atom. The predicted octanol–water partition coefficient (Wildman–Crippen LogP) is 2.43. The van der Waals surface area contributed by atoms with Gasteiger partial charge in [-0.25, -0.2) is 5.43 Å². The van der Waals surface area contributed by atoms with Crippen LogP contribution in [0.1, 0.15) is 22.8 Å². The van der Waals surface area contributed by atoms with Crippen molar-refractivity contribution in [1.29, 1.82) is 0 Å². The van der Waals surface area contributed by atoms with Crippen molar-refractivity contribution in [3.05, 3.63) is 59.7 Å². The third-order valence-electron chi connectivity index (χ3n) is 2.78. The van der Waals surface area contributed by atoms with E-state index < -0.39 is 0 Å². The summed E-state index contributed by atoms with van der Waals surface area (Å²) in [7, 11) is 0. The number of carbonyl (C=O) groups is 1. The number of carbonyl (C=O) groups excluding carboxylic acids is 1. The van der Waals surface area contributed by atoms with Crippen LogP contribution >= 0.6 is 0 Å². The lowest BCUT2D eigenvalue weighted by molar-refractivity contribution is 0.0956. The first-order valence-electron chi connectivity index (χ1n) is 6.61. The summed E-state index contributed by atoms with van der Waals surface area (Å²) < 4.78 is 5.35. The second kappa shape index (κ2) is 7.09. The van der Waals surface area contributed by atoms with Crippen molar-refractivity contribution in [2.24, 2.45) is 5.10 Å². The van der Waals surface area contributed by atoms with Gasteiger partial charge in [0.2, 0.25) is 0 Å². The zero-order chi connectivity index (χ0) is 15.1. The molecule has 5 nitrogen and oxygen atoms in total. The number of ether oxygens (including phenoxy) is 1. The van der Waals surface area contributed by atoms with Crippen molar-refractivity contribution in [3.8, 4) is 5.75 Å². The number of benzene rings is 2. The van der Waals surface area contributed by atoms with Gasteiger partial charge in [0.15, 0.2) is 0 Å². The number of hydrogen-bond donors (Lipinski definition) is 2. The molecule has 0 unspecified atom stereocenters. The minimum atomic E-state index is -0.338. The van der Waals surface area contributed by atoms with E-state index in [2.05, 4.69) is 10.5 Å². The van der Waals surface area contributed by atoms with Crippen LogP contribution in [0.15, 0.2) is 53.6 Å². The number of amides is 1. The predicted molar refractivity (Wildman–Crippen MR) is 83.5 cm³/mol. The van der Waals surface area contributed by atoms with Crippen molar-refractivity contribution in [2.45, 2.75) is 6.92 Å². The summed E-state index contributed by atoms with van der Waals surface area (Å²) in [6, 6.07) is 14.3. The first-order valence-corrected chi connectivity index (χ1v) is 6.61. The Balaban J connectivity index is 1.96. The minimum absolute atomic E-state index is 0.338. The smallest absolute Gasteiger partial charge is 0.273 e. The van der Waals surface area contributed by atoms with Crippen LogP contribution in [0.25, 0.3) is 0 Å². The number of nitrogens with one attached hydrogen (secondary N) is 1. The monoisotopic (exact) mass is 283 g/mol. The van der Waals surface area contributed by atoms with Gasteiger partial charge in [0.1, 0.15) is 5.75 Å². The highest BCUT2D eigenvalue weighted by molar-refractivity contribution is 5.99. The summed E-state index contributed by atoms with van der Waals surface area (Å²) >= 11 is 0. The van der Waals surface area contributed by atoms with E-state index in [4.69, 9.17) is 10.5 Å². The molecule has 0 aliphatic rings. The lowest BCUT2D eigenvalue weighted by atomic mass is 10.2. The van der Waals surface area contributed by atoms with Crippen LogP contribution < -0.4 is 15.9 Å². The van der Waals surface area contributed by atoms with Crippen LogP contribution in [0.5, 0.6) is 5.75 Å². The molecular formula is C16H17N3O2. The molecule has 1 amide bonds. The second-order valence-electron chi connectivity index (χ2n) is 4.29. The zero-order valence-corrected chi connectivity index (χ0v) is 11.7. The minimum Gasteiger partial charge on any atom is -0.494 e. The lowest BCUT2D eigenvalue weighted by Gasteiger charge is -2.03. The van der Waals surface area contributed by atoms with E-state index in [1.807, 2.05) is 31.2 Å². The van der Waals surface area contributed by atoms with Gasteiger partial charge in [-0.2, -0.15) is 5.10 Å². The maximum atomic E-state index is 11.9. The molecule has 0 aliphatic heterocycles. The maximum Gasteiger partial charge on any atom is 0.273 e. The number of rotatable bonds is 5. The maximum absolute atomic E-state index is 11.9.